The molecule has 1 aromatic carbocycles. The van der Waals surface area contributed by atoms with Crippen LogP contribution in [0.25, 0.3) is 0 Å². The number of nitrogens with two attached hydrogens (primary N) is 1. The second-order valence-electron chi connectivity index (χ2n) is 3.74. The number of carbonyl (C=O) groups is 2. The number of esters is 1. The van der Waals surface area contributed by atoms with E-state index in [-0.39, 0.29) is 5.91 Å². The minimum absolute atomic E-state index is 0.347. The SMILES string of the molecule is CNC(=O)C(C)OC(=O)c1cc(N)ccc1C. The fourth-order valence-corrected chi connectivity index (χ4v) is 1.34. The minimum atomic E-state index is -0.826. The second-order valence-corrected chi connectivity index (χ2v) is 3.74. The van der Waals surface area contributed by atoms with Crippen molar-refractivity contribution in [1.82, 2.24) is 5.32 Å². The molecule has 1 amide bonds. The summed E-state index contributed by atoms with van der Waals surface area (Å²) in [7, 11) is 1.48. The lowest BCUT2D eigenvalue weighted by Crippen LogP contribution is -2.33. The maximum absolute atomic E-state index is 11.8. The third kappa shape index (κ3) is 3.21. The van der Waals surface area contributed by atoms with E-state index >= 15 is 0 Å². The molecule has 0 radical (unpaired) electrons. The average Bonchev–Trinajstić information content (AvgIpc) is 2.30. The van der Waals surface area contributed by atoms with Gasteiger partial charge in [-0.2, -0.15) is 0 Å². The molecule has 0 aliphatic rings. The molecule has 5 nitrogen and oxygen atoms in total. The van der Waals surface area contributed by atoms with Crippen LogP contribution in [0.15, 0.2) is 18.2 Å². The Kier molecular flexibility index (Phi) is 4.09. The number of aryl methyl sites for hydroxylation is 1. The second kappa shape index (κ2) is 5.34. The first kappa shape index (κ1) is 13.0. The Morgan fingerprint density at radius 1 is 1.41 bits per heavy atom. The molecule has 5 heteroatoms. The van der Waals surface area contributed by atoms with E-state index in [1.54, 1.807) is 19.1 Å². The number of likely N-dealkylation sites (N-methyl/N-ethyl adjacent to an activating group) is 1. The van der Waals surface area contributed by atoms with E-state index in [0.717, 1.165) is 5.56 Å². The van der Waals surface area contributed by atoms with Crippen LogP contribution >= 0.6 is 0 Å². The van der Waals surface area contributed by atoms with Crippen molar-refractivity contribution in [3.05, 3.63) is 29.3 Å². The van der Waals surface area contributed by atoms with E-state index in [9.17, 15) is 9.59 Å². The van der Waals surface area contributed by atoms with Crippen LogP contribution in [0.3, 0.4) is 0 Å². The Labute approximate surface area is 99.9 Å². The number of ether oxygens (including phenoxy) is 1. The number of hydrogen-bond donors (Lipinski definition) is 2. The van der Waals surface area contributed by atoms with Crippen LogP contribution in [-0.2, 0) is 9.53 Å². The molecule has 0 aliphatic carbocycles. The number of nitrogens with one attached hydrogen (secondary N) is 1. The van der Waals surface area contributed by atoms with Crippen molar-refractivity contribution in [2.24, 2.45) is 0 Å². The van der Waals surface area contributed by atoms with Crippen molar-refractivity contribution in [3.8, 4) is 0 Å². The third-order valence-corrected chi connectivity index (χ3v) is 2.38. The summed E-state index contributed by atoms with van der Waals surface area (Å²) >= 11 is 0. The normalized spacial score (nSPS) is 11.7. The molecule has 1 unspecified atom stereocenters. The average molecular weight is 236 g/mol. The highest BCUT2D eigenvalue weighted by Crippen LogP contribution is 2.14. The molecule has 1 aromatic rings. The monoisotopic (exact) mass is 236 g/mol. The van der Waals surface area contributed by atoms with E-state index in [4.69, 9.17) is 10.5 Å². The Morgan fingerprint density at radius 2 is 2.06 bits per heavy atom. The van der Waals surface area contributed by atoms with Gasteiger partial charge in [0.05, 0.1) is 5.56 Å². The van der Waals surface area contributed by atoms with Gasteiger partial charge in [-0.1, -0.05) is 6.07 Å². The number of amides is 1. The first-order chi connectivity index (χ1) is 7.95. The molecule has 3 N–H and O–H groups in total. The van der Waals surface area contributed by atoms with E-state index < -0.39 is 12.1 Å². The van der Waals surface area contributed by atoms with Crippen molar-refractivity contribution in [1.29, 1.82) is 0 Å². The molecule has 0 saturated heterocycles. The molecular formula is C12H16N2O3. The highest BCUT2D eigenvalue weighted by molar-refractivity contribution is 5.94. The largest absolute Gasteiger partial charge is 0.449 e. The van der Waals surface area contributed by atoms with Gasteiger partial charge in [-0.3, -0.25) is 4.79 Å². The molecule has 0 aliphatic heterocycles. The lowest BCUT2D eigenvalue weighted by Gasteiger charge is -2.13. The highest BCUT2D eigenvalue weighted by Gasteiger charge is 2.18. The van der Waals surface area contributed by atoms with E-state index in [2.05, 4.69) is 5.32 Å². The molecular weight excluding hydrogens is 220 g/mol. The third-order valence-electron chi connectivity index (χ3n) is 2.38. The number of rotatable bonds is 3. The number of benzene rings is 1. The molecule has 0 aromatic heterocycles. The maximum Gasteiger partial charge on any atom is 0.339 e. The minimum Gasteiger partial charge on any atom is -0.449 e. The van der Waals surface area contributed by atoms with Gasteiger partial charge in [0.15, 0.2) is 6.10 Å². The van der Waals surface area contributed by atoms with Gasteiger partial charge in [0.2, 0.25) is 0 Å². The summed E-state index contributed by atoms with van der Waals surface area (Å²) < 4.78 is 5.02. The van der Waals surface area contributed by atoms with Gasteiger partial charge in [0.1, 0.15) is 0 Å². The molecule has 1 rings (SSSR count). The molecule has 0 fully saturated rings. The highest BCUT2D eigenvalue weighted by atomic mass is 16.5. The van der Waals surface area contributed by atoms with E-state index in [1.807, 2.05) is 0 Å². The van der Waals surface area contributed by atoms with Gasteiger partial charge in [0, 0.05) is 12.7 Å². The van der Waals surface area contributed by atoms with E-state index in [1.165, 1.54) is 20.0 Å². The van der Waals surface area contributed by atoms with Crippen LogP contribution in [0.5, 0.6) is 0 Å². The van der Waals surface area contributed by atoms with Gasteiger partial charge < -0.3 is 15.8 Å². The summed E-state index contributed by atoms with van der Waals surface area (Å²) in [6, 6.07) is 4.97. The smallest absolute Gasteiger partial charge is 0.339 e. The van der Waals surface area contributed by atoms with Gasteiger partial charge in [-0.05, 0) is 31.5 Å². The zero-order valence-corrected chi connectivity index (χ0v) is 10.1. The number of carbonyl (C=O) groups excluding carboxylic acids is 2. The number of nitrogen functional groups attached to an aromatic ring is 1. The molecule has 1 atom stereocenters. The molecule has 17 heavy (non-hydrogen) atoms. The van der Waals surface area contributed by atoms with Gasteiger partial charge in [0.25, 0.3) is 5.91 Å². The lowest BCUT2D eigenvalue weighted by atomic mass is 10.1. The quantitative estimate of drug-likeness (QED) is 0.602. The predicted octanol–water partition coefficient (Wildman–Crippen LogP) is 0.869. The zero-order chi connectivity index (χ0) is 13.0. The maximum atomic E-state index is 11.8. The van der Waals surface area contributed by atoms with Gasteiger partial charge in [-0.15, -0.1) is 0 Å². The van der Waals surface area contributed by atoms with Crippen LogP contribution in [0.1, 0.15) is 22.8 Å². The molecule has 0 spiro atoms. The fourth-order valence-electron chi connectivity index (χ4n) is 1.34. The summed E-state index contributed by atoms with van der Waals surface area (Å²) in [6.07, 6.45) is -0.826. The number of hydrogen-bond acceptors (Lipinski definition) is 4. The van der Waals surface area contributed by atoms with Crippen LogP contribution in [0.2, 0.25) is 0 Å². The predicted molar refractivity (Wildman–Crippen MR) is 64.5 cm³/mol. The Balaban J connectivity index is 2.83. The van der Waals surface area contributed by atoms with Crippen LogP contribution in [-0.4, -0.2) is 25.0 Å². The lowest BCUT2D eigenvalue weighted by molar-refractivity contribution is -0.128. The molecule has 0 heterocycles. The van der Waals surface area contributed by atoms with Crippen molar-refractivity contribution < 1.29 is 14.3 Å². The van der Waals surface area contributed by atoms with Crippen molar-refractivity contribution in [3.63, 3.8) is 0 Å². The Morgan fingerprint density at radius 3 is 2.65 bits per heavy atom. The van der Waals surface area contributed by atoms with Crippen molar-refractivity contribution >= 4 is 17.6 Å². The molecule has 92 valence electrons. The summed E-state index contributed by atoms with van der Waals surface area (Å²) in [5.74, 6) is -0.897. The fraction of sp³-hybridized carbons (Fsp3) is 0.333. The number of anilines is 1. The molecule has 0 saturated carbocycles. The van der Waals surface area contributed by atoms with Crippen molar-refractivity contribution in [2.45, 2.75) is 20.0 Å². The van der Waals surface area contributed by atoms with Crippen LogP contribution in [0.4, 0.5) is 5.69 Å². The standard InChI is InChI=1S/C12H16N2O3/c1-7-4-5-9(13)6-10(7)12(16)17-8(2)11(15)14-3/h4-6,8H,13H2,1-3H3,(H,14,15). The van der Waals surface area contributed by atoms with E-state index in [0.29, 0.717) is 11.3 Å². The van der Waals surface area contributed by atoms with Gasteiger partial charge in [-0.25, -0.2) is 4.79 Å². The first-order valence-electron chi connectivity index (χ1n) is 5.24. The van der Waals surface area contributed by atoms with Crippen molar-refractivity contribution in [2.75, 3.05) is 12.8 Å². The zero-order valence-electron chi connectivity index (χ0n) is 10.1. The first-order valence-corrected chi connectivity index (χ1v) is 5.24. The summed E-state index contributed by atoms with van der Waals surface area (Å²) in [4.78, 5) is 23.0. The molecule has 0 bridgehead atoms. The van der Waals surface area contributed by atoms with Crippen LogP contribution in [0, 0.1) is 6.92 Å². The van der Waals surface area contributed by atoms with Crippen LogP contribution < -0.4 is 11.1 Å². The summed E-state index contributed by atoms with van der Waals surface area (Å²) in [6.45, 7) is 3.29. The topological polar surface area (TPSA) is 81.4 Å². The Bertz CT molecular complexity index is 443. The summed E-state index contributed by atoms with van der Waals surface area (Å²) in [5.41, 5.74) is 7.21. The Hall–Kier alpha value is -2.04. The van der Waals surface area contributed by atoms with Gasteiger partial charge >= 0.3 is 5.97 Å². The summed E-state index contributed by atoms with van der Waals surface area (Å²) in [5, 5.41) is 2.41.